The molecule has 1 N–H and O–H groups in total. The molecule has 0 unspecified atom stereocenters. The summed E-state index contributed by atoms with van der Waals surface area (Å²) in [6, 6.07) is 22.8. The van der Waals surface area contributed by atoms with Gasteiger partial charge in [-0.2, -0.15) is 0 Å². The average molecular weight is 334 g/mol. The van der Waals surface area contributed by atoms with Gasteiger partial charge in [0.05, 0.1) is 11.2 Å². The molecular formula is C23H14N2O. The van der Waals surface area contributed by atoms with E-state index in [0.29, 0.717) is 0 Å². The summed E-state index contributed by atoms with van der Waals surface area (Å²) in [5.41, 5.74) is 5.15. The molecule has 3 nitrogen and oxygen atoms in total. The number of aromatic amines is 1. The molecule has 0 spiro atoms. The maximum Gasteiger partial charge on any atom is 0.143 e. The standard InChI is InChI=1S/C23H14N2O/c1-2-8-15-14(7-1)22-20(16-9-3-4-11-19(16)25-22)21-17(13-26-23(15)21)18-10-5-6-12-24-18/h1-13,25H. The Bertz CT molecular complexity index is 1420. The molecule has 6 aromatic rings. The fourth-order valence-electron chi connectivity index (χ4n) is 4.02. The van der Waals surface area contributed by atoms with Crippen molar-refractivity contribution in [3.8, 4) is 11.3 Å². The molecule has 0 saturated heterocycles. The van der Waals surface area contributed by atoms with Gasteiger partial charge < -0.3 is 9.40 Å². The predicted molar refractivity (Wildman–Crippen MR) is 106 cm³/mol. The van der Waals surface area contributed by atoms with E-state index >= 15 is 0 Å². The Balaban J connectivity index is 1.95. The van der Waals surface area contributed by atoms with Crippen molar-refractivity contribution in [2.24, 2.45) is 0 Å². The number of furan rings is 1. The minimum atomic E-state index is 0.915. The Morgan fingerprint density at radius 3 is 2.35 bits per heavy atom. The van der Waals surface area contributed by atoms with E-state index in [9.17, 15) is 0 Å². The van der Waals surface area contributed by atoms with E-state index in [0.717, 1.165) is 38.6 Å². The molecule has 0 radical (unpaired) electrons. The number of nitrogens with one attached hydrogen (secondary N) is 1. The highest BCUT2D eigenvalue weighted by Gasteiger charge is 2.19. The number of pyridine rings is 1. The quantitative estimate of drug-likeness (QED) is 0.384. The second-order valence-electron chi connectivity index (χ2n) is 6.53. The van der Waals surface area contributed by atoms with E-state index in [4.69, 9.17) is 4.42 Å². The van der Waals surface area contributed by atoms with Gasteiger partial charge in [-0.25, -0.2) is 0 Å². The molecule has 3 heterocycles. The summed E-state index contributed by atoms with van der Waals surface area (Å²) in [6.07, 6.45) is 3.66. The first-order valence-electron chi connectivity index (χ1n) is 8.65. The number of rotatable bonds is 1. The lowest BCUT2D eigenvalue weighted by atomic mass is 9.98. The smallest absolute Gasteiger partial charge is 0.143 e. The molecule has 0 fully saturated rings. The van der Waals surface area contributed by atoms with Crippen LogP contribution in [0.25, 0.3) is 54.8 Å². The summed E-state index contributed by atoms with van der Waals surface area (Å²) in [6.45, 7) is 0. The topological polar surface area (TPSA) is 41.8 Å². The normalized spacial score (nSPS) is 11.8. The minimum Gasteiger partial charge on any atom is -0.463 e. The minimum absolute atomic E-state index is 0.915. The van der Waals surface area contributed by atoms with E-state index in [-0.39, 0.29) is 0 Å². The number of aromatic nitrogens is 2. The average Bonchev–Trinajstić information content (AvgIpc) is 3.30. The Labute approximate surface area is 148 Å². The Hall–Kier alpha value is -3.59. The van der Waals surface area contributed by atoms with Crippen molar-refractivity contribution in [2.45, 2.75) is 0 Å². The first kappa shape index (κ1) is 13.7. The molecule has 0 aliphatic carbocycles. The molecular weight excluding hydrogens is 320 g/mol. The highest BCUT2D eigenvalue weighted by molar-refractivity contribution is 6.32. The molecule has 0 saturated carbocycles. The van der Waals surface area contributed by atoms with Gasteiger partial charge in [0.25, 0.3) is 0 Å². The molecule has 3 aromatic carbocycles. The van der Waals surface area contributed by atoms with E-state index in [1.807, 2.05) is 30.7 Å². The van der Waals surface area contributed by atoms with Crippen LogP contribution in [0.15, 0.2) is 83.6 Å². The molecule has 122 valence electrons. The molecule has 3 aromatic heterocycles. The largest absolute Gasteiger partial charge is 0.463 e. The van der Waals surface area contributed by atoms with Gasteiger partial charge in [0, 0.05) is 44.2 Å². The maximum absolute atomic E-state index is 6.09. The van der Waals surface area contributed by atoms with Gasteiger partial charge in [-0.05, 0) is 18.2 Å². The monoisotopic (exact) mass is 334 g/mol. The molecule has 0 atom stereocenters. The second kappa shape index (κ2) is 4.96. The zero-order valence-electron chi connectivity index (χ0n) is 13.9. The van der Waals surface area contributed by atoms with Gasteiger partial charge >= 0.3 is 0 Å². The molecule has 0 aliphatic rings. The van der Waals surface area contributed by atoms with Crippen molar-refractivity contribution >= 4 is 43.5 Å². The lowest BCUT2D eigenvalue weighted by Gasteiger charge is -2.04. The zero-order valence-corrected chi connectivity index (χ0v) is 13.9. The fourth-order valence-corrected chi connectivity index (χ4v) is 4.02. The lowest BCUT2D eigenvalue weighted by Crippen LogP contribution is -1.82. The highest BCUT2D eigenvalue weighted by Crippen LogP contribution is 2.43. The molecule has 0 aliphatic heterocycles. The van der Waals surface area contributed by atoms with E-state index in [1.165, 1.54) is 16.2 Å². The van der Waals surface area contributed by atoms with Crippen molar-refractivity contribution in [1.29, 1.82) is 0 Å². The number of nitrogens with zero attached hydrogens (tertiary/aromatic N) is 1. The summed E-state index contributed by atoms with van der Waals surface area (Å²) < 4.78 is 6.09. The van der Waals surface area contributed by atoms with Crippen molar-refractivity contribution in [1.82, 2.24) is 9.97 Å². The number of hydrogen-bond donors (Lipinski definition) is 1. The van der Waals surface area contributed by atoms with Gasteiger partial charge in [0.1, 0.15) is 11.8 Å². The molecule has 26 heavy (non-hydrogen) atoms. The van der Waals surface area contributed by atoms with Gasteiger partial charge in [-0.1, -0.05) is 48.5 Å². The van der Waals surface area contributed by atoms with E-state index in [2.05, 4.69) is 58.5 Å². The third-order valence-electron chi connectivity index (χ3n) is 5.13. The first-order chi connectivity index (χ1) is 12.9. The van der Waals surface area contributed by atoms with Crippen LogP contribution in [0, 0.1) is 0 Å². The van der Waals surface area contributed by atoms with Gasteiger partial charge in [0.15, 0.2) is 0 Å². The molecule has 0 amide bonds. The van der Waals surface area contributed by atoms with Crippen LogP contribution >= 0.6 is 0 Å². The van der Waals surface area contributed by atoms with Crippen molar-refractivity contribution in [3.05, 3.63) is 79.2 Å². The Morgan fingerprint density at radius 1 is 0.731 bits per heavy atom. The third-order valence-corrected chi connectivity index (χ3v) is 5.13. The van der Waals surface area contributed by atoms with Crippen LogP contribution in [-0.4, -0.2) is 9.97 Å². The van der Waals surface area contributed by atoms with Gasteiger partial charge in [-0.15, -0.1) is 0 Å². The number of hydrogen-bond acceptors (Lipinski definition) is 2. The molecule has 6 rings (SSSR count). The number of H-pyrrole nitrogens is 1. The van der Waals surface area contributed by atoms with Crippen molar-refractivity contribution < 1.29 is 4.42 Å². The predicted octanol–water partition coefficient (Wildman–Crippen LogP) is 6.28. The van der Waals surface area contributed by atoms with Crippen LogP contribution < -0.4 is 0 Å². The number of para-hydroxylation sites is 1. The summed E-state index contributed by atoms with van der Waals surface area (Å²) in [5, 5.41) is 5.81. The maximum atomic E-state index is 6.09. The van der Waals surface area contributed by atoms with E-state index < -0.39 is 0 Å². The van der Waals surface area contributed by atoms with Crippen LogP contribution in [0.1, 0.15) is 0 Å². The van der Waals surface area contributed by atoms with Crippen LogP contribution in [0.4, 0.5) is 0 Å². The van der Waals surface area contributed by atoms with Crippen LogP contribution in [0.5, 0.6) is 0 Å². The van der Waals surface area contributed by atoms with Crippen molar-refractivity contribution in [2.75, 3.05) is 0 Å². The summed E-state index contributed by atoms with van der Waals surface area (Å²) in [5.74, 6) is 0. The molecule has 0 bridgehead atoms. The van der Waals surface area contributed by atoms with Gasteiger partial charge in [0.2, 0.25) is 0 Å². The summed E-state index contributed by atoms with van der Waals surface area (Å²) >= 11 is 0. The first-order valence-corrected chi connectivity index (χ1v) is 8.65. The highest BCUT2D eigenvalue weighted by atomic mass is 16.3. The summed E-state index contributed by atoms with van der Waals surface area (Å²) in [4.78, 5) is 8.17. The van der Waals surface area contributed by atoms with Crippen LogP contribution in [-0.2, 0) is 0 Å². The van der Waals surface area contributed by atoms with Gasteiger partial charge in [-0.3, -0.25) is 4.98 Å². The Morgan fingerprint density at radius 2 is 1.50 bits per heavy atom. The number of fused-ring (bicyclic) bond motifs is 8. The third kappa shape index (κ3) is 1.69. The SMILES string of the molecule is c1ccc(-c2coc3c4ccccc4c4[nH]c5ccccc5c4c23)nc1. The van der Waals surface area contributed by atoms with E-state index in [1.54, 1.807) is 0 Å². The molecule has 3 heteroatoms. The van der Waals surface area contributed by atoms with Crippen molar-refractivity contribution in [3.63, 3.8) is 0 Å². The Kier molecular flexibility index (Phi) is 2.61. The van der Waals surface area contributed by atoms with Crippen LogP contribution in [0.2, 0.25) is 0 Å². The summed E-state index contributed by atoms with van der Waals surface area (Å²) in [7, 11) is 0. The number of benzene rings is 3. The zero-order chi connectivity index (χ0) is 17.1. The second-order valence-corrected chi connectivity index (χ2v) is 6.53. The lowest BCUT2D eigenvalue weighted by molar-refractivity contribution is 0.620. The fraction of sp³-hybridized carbons (Fsp3) is 0. The van der Waals surface area contributed by atoms with Crippen LogP contribution in [0.3, 0.4) is 0 Å².